The maximum atomic E-state index is 12.2. The van der Waals surface area contributed by atoms with E-state index >= 15 is 0 Å². The number of carbonyl (C=O) groups excluding carboxylic acids is 1. The SMILES string of the molecule is Cc1cc(Br)ccc1NC(=O)CSc1nnc(-c2ccc(Cl)cc2)n1N. The number of rotatable bonds is 5. The van der Waals surface area contributed by atoms with Gasteiger partial charge in [0, 0.05) is 20.7 Å². The predicted octanol–water partition coefficient (Wildman–Crippen LogP) is 4.11. The molecule has 6 nitrogen and oxygen atoms in total. The van der Waals surface area contributed by atoms with E-state index in [9.17, 15) is 4.79 Å². The van der Waals surface area contributed by atoms with Crippen LogP contribution >= 0.6 is 39.3 Å². The highest BCUT2D eigenvalue weighted by atomic mass is 79.9. The first-order valence-electron chi connectivity index (χ1n) is 7.59. The van der Waals surface area contributed by atoms with Crippen LogP contribution in [0.3, 0.4) is 0 Å². The normalized spacial score (nSPS) is 10.7. The molecule has 0 aliphatic carbocycles. The fourth-order valence-electron chi connectivity index (χ4n) is 2.26. The molecule has 3 aromatic rings. The first kappa shape index (κ1) is 18.8. The molecule has 0 aliphatic rings. The van der Waals surface area contributed by atoms with Crippen LogP contribution in [-0.4, -0.2) is 26.5 Å². The van der Waals surface area contributed by atoms with Crippen molar-refractivity contribution in [2.24, 2.45) is 0 Å². The highest BCUT2D eigenvalue weighted by molar-refractivity contribution is 9.10. The highest BCUT2D eigenvalue weighted by Crippen LogP contribution is 2.24. The summed E-state index contributed by atoms with van der Waals surface area (Å²) in [6, 6.07) is 12.8. The Morgan fingerprint density at radius 1 is 1.27 bits per heavy atom. The second-order valence-electron chi connectivity index (χ2n) is 5.48. The third-order valence-electron chi connectivity index (χ3n) is 3.56. The number of halogens is 2. The monoisotopic (exact) mass is 451 g/mol. The zero-order valence-corrected chi connectivity index (χ0v) is 16.9. The first-order chi connectivity index (χ1) is 12.4. The number of nitrogen functional groups attached to an aromatic ring is 1. The molecule has 0 atom stereocenters. The molecule has 0 aliphatic heterocycles. The number of thioether (sulfide) groups is 1. The van der Waals surface area contributed by atoms with Gasteiger partial charge in [-0.15, -0.1) is 10.2 Å². The molecular weight excluding hydrogens is 438 g/mol. The van der Waals surface area contributed by atoms with Crippen LogP contribution in [0, 0.1) is 6.92 Å². The molecule has 0 radical (unpaired) electrons. The maximum Gasteiger partial charge on any atom is 0.234 e. The fraction of sp³-hybridized carbons (Fsp3) is 0.118. The van der Waals surface area contributed by atoms with Crippen molar-refractivity contribution in [2.45, 2.75) is 12.1 Å². The Hall–Kier alpha value is -2.03. The number of nitrogens with two attached hydrogens (primary N) is 1. The van der Waals surface area contributed by atoms with Crippen molar-refractivity contribution in [2.75, 3.05) is 16.9 Å². The van der Waals surface area contributed by atoms with E-state index in [2.05, 4.69) is 31.4 Å². The minimum atomic E-state index is -0.142. The number of nitrogens with one attached hydrogen (secondary N) is 1. The smallest absolute Gasteiger partial charge is 0.234 e. The maximum absolute atomic E-state index is 12.2. The van der Waals surface area contributed by atoms with E-state index in [1.165, 1.54) is 16.4 Å². The Morgan fingerprint density at radius 2 is 2.00 bits per heavy atom. The second kappa shape index (κ2) is 8.11. The molecule has 0 unspecified atom stereocenters. The molecule has 0 saturated carbocycles. The third-order valence-corrected chi connectivity index (χ3v) is 5.25. The quantitative estimate of drug-likeness (QED) is 0.449. The number of aromatic nitrogens is 3. The fourth-order valence-corrected chi connectivity index (χ4v) is 3.51. The molecule has 26 heavy (non-hydrogen) atoms. The zero-order valence-electron chi connectivity index (χ0n) is 13.7. The Morgan fingerprint density at radius 3 is 2.69 bits per heavy atom. The summed E-state index contributed by atoms with van der Waals surface area (Å²) < 4.78 is 2.33. The summed E-state index contributed by atoms with van der Waals surface area (Å²) in [6.07, 6.45) is 0. The van der Waals surface area contributed by atoms with Crippen LogP contribution in [0.5, 0.6) is 0 Å². The van der Waals surface area contributed by atoms with Crippen molar-refractivity contribution in [1.82, 2.24) is 14.9 Å². The van der Waals surface area contributed by atoms with Crippen LogP contribution < -0.4 is 11.2 Å². The summed E-state index contributed by atoms with van der Waals surface area (Å²) >= 11 is 10.5. The molecule has 1 aromatic heterocycles. The minimum Gasteiger partial charge on any atom is -0.335 e. The summed E-state index contributed by atoms with van der Waals surface area (Å²) in [5, 5.41) is 12.1. The van der Waals surface area contributed by atoms with Gasteiger partial charge in [-0.05, 0) is 55.0 Å². The van der Waals surface area contributed by atoms with Crippen LogP contribution in [0.4, 0.5) is 5.69 Å². The lowest BCUT2D eigenvalue weighted by molar-refractivity contribution is -0.113. The van der Waals surface area contributed by atoms with E-state index in [1.54, 1.807) is 12.1 Å². The average molecular weight is 453 g/mol. The van der Waals surface area contributed by atoms with E-state index in [0.29, 0.717) is 16.0 Å². The van der Waals surface area contributed by atoms with Crippen LogP contribution in [0.1, 0.15) is 5.56 Å². The minimum absolute atomic E-state index is 0.142. The highest BCUT2D eigenvalue weighted by Gasteiger charge is 2.14. The van der Waals surface area contributed by atoms with Crippen LogP contribution in [0.15, 0.2) is 52.1 Å². The molecule has 3 rings (SSSR count). The summed E-state index contributed by atoms with van der Waals surface area (Å²) in [5.74, 6) is 6.59. The van der Waals surface area contributed by atoms with Gasteiger partial charge in [-0.2, -0.15) is 0 Å². The Kier molecular flexibility index (Phi) is 5.85. The van der Waals surface area contributed by atoms with Crippen LogP contribution in [0.25, 0.3) is 11.4 Å². The average Bonchev–Trinajstić information content (AvgIpc) is 2.97. The van der Waals surface area contributed by atoms with Gasteiger partial charge in [-0.1, -0.05) is 39.3 Å². The van der Waals surface area contributed by atoms with Gasteiger partial charge < -0.3 is 11.2 Å². The standard InChI is InChI=1S/C17H15BrClN5OS/c1-10-8-12(18)4-7-14(10)21-15(25)9-26-17-23-22-16(24(17)20)11-2-5-13(19)6-3-11/h2-8H,9,20H2,1H3,(H,21,25). The van der Waals surface area contributed by atoms with Crippen molar-refractivity contribution >= 4 is 50.9 Å². The number of amides is 1. The van der Waals surface area contributed by atoms with Gasteiger partial charge in [0.05, 0.1) is 5.75 Å². The Balaban J connectivity index is 1.64. The van der Waals surface area contributed by atoms with Crippen LogP contribution in [0.2, 0.25) is 5.02 Å². The van der Waals surface area contributed by atoms with Gasteiger partial charge in [0.15, 0.2) is 5.82 Å². The number of anilines is 1. The number of hydrogen-bond acceptors (Lipinski definition) is 5. The number of carbonyl (C=O) groups is 1. The molecule has 0 fully saturated rings. The van der Waals surface area contributed by atoms with E-state index in [1.807, 2.05) is 37.3 Å². The van der Waals surface area contributed by atoms with E-state index in [-0.39, 0.29) is 11.7 Å². The molecule has 134 valence electrons. The lowest BCUT2D eigenvalue weighted by atomic mass is 10.2. The summed E-state index contributed by atoms with van der Waals surface area (Å²) in [5.41, 5.74) is 2.55. The molecule has 2 aromatic carbocycles. The summed E-state index contributed by atoms with van der Waals surface area (Å²) in [6.45, 7) is 1.93. The van der Waals surface area contributed by atoms with Crippen molar-refractivity contribution in [3.8, 4) is 11.4 Å². The van der Waals surface area contributed by atoms with Gasteiger partial charge in [0.25, 0.3) is 0 Å². The van der Waals surface area contributed by atoms with Gasteiger partial charge in [-0.3, -0.25) is 4.79 Å². The third kappa shape index (κ3) is 4.38. The van der Waals surface area contributed by atoms with Crippen molar-refractivity contribution < 1.29 is 4.79 Å². The number of hydrogen-bond donors (Lipinski definition) is 2. The van der Waals surface area contributed by atoms with Crippen molar-refractivity contribution in [1.29, 1.82) is 0 Å². The Labute approximate surface area is 168 Å². The molecule has 1 heterocycles. The Bertz CT molecular complexity index is 945. The predicted molar refractivity (Wildman–Crippen MR) is 109 cm³/mol. The molecule has 9 heteroatoms. The van der Waals surface area contributed by atoms with Crippen molar-refractivity contribution in [3.63, 3.8) is 0 Å². The summed E-state index contributed by atoms with van der Waals surface area (Å²) in [4.78, 5) is 12.2. The second-order valence-corrected chi connectivity index (χ2v) is 7.77. The van der Waals surface area contributed by atoms with Gasteiger partial charge in [0.2, 0.25) is 11.1 Å². The largest absolute Gasteiger partial charge is 0.335 e. The van der Waals surface area contributed by atoms with Crippen LogP contribution in [-0.2, 0) is 4.79 Å². The molecule has 0 bridgehead atoms. The molecule has 0 spiro atoms. The topological polar surface area (TPSA) is 85.8 Å². The van der Waals surface area contributed by atoms with E-state index in [0.717, 1.165) is 21.3 Å². The number of aryl methyl sites for hydroxylation is 1. The zero-order chi connectivity index (χ0) is 18.7. The van der Waals surface area contributed by atoms with Gasteiger partial charge in [-0.25, -0.2) is 4.68 Å². The molecule has 0 saturated heterocycles. The van der Waals surface area contributed by atoms with E-state index < -0.39 is 0 Å². The van der Waals surface area contributed by atoms with Crippen molar-refractivity contribution in [3.05, 3.63) is 57.5 Å². The molecule has 3 N–H and O–H groups in total. The summed E-state index contributed by atoms with van der Waals surface area (Å²) in [7, 11) is 0. The molecule has 1 amide bonds. The lowest BCUT2D eigenvalue weighted by Crippen LogP contribution is -2.17. The van der Waals surface area contributed by atoms with Gasteiger partial charge in [0.1, 0.15) is 0 Å². The lowest BCUT2D eigenvalue weighted by Gasteiger charge is -2.08. The van der Waals surface area contributed by atoms with Gasteiger partial charge >= 0.3 is 0 Å². The first-order valence-corrected chi connectivity index (χ1v) is 9.75. The number of benzene rings is 2. The molecular formula is C17H15BrClN5OS. The number of nitrogens with zero attached hydrogens (tertiary/aromatic N) is 3. The van der Waals surface area contributed by atoms with E-state index in [4.69, 9.17) is 17.4 Å².